The number of aliphatic hydroxyl groups is 1. The summed E-state index contributed by atoms with van der Waals surface area (Å²) in [6.07, 6.45) is 18.1. The minimum atomic E-state index is -0.484. The van der Waals surface area contributed by atoms with E-state index in [0.29, 0.717) is 12.5 Å². The van der Waals surface area contributed by atoms with E-state index in [1.807, 2.05) is 0 Å². The van der Waals surface area contributed by atoms with Crippen molar-refractivity contribution in [1.82, 2.24) is 0 Å². The van der Waals surface area contributed by atoms with Crippen LogP contribution in [0.5, 0.6) is 0 Å². The van der Waals surface area contributed by atoms with Gasteiger partial charge in [0, 0.05) is 0 Å². The number of ether oxygens (including phenoxy) is 1. The van der Waals surface area contributed by atoms with Crippen molar-refractivity contribution in [3.63, 3.8) is 0 Å². The van der Waals surface area contributed by atoms with Gasteiger partial charge >= 0.3 is 5.97 Å². The van der Waals surface area contributed by atoms with E-state index in [1.54, 1.807) is 11.1 Å². The van der Waals surface area contributed by atoms with Crippen LogP contribution in [-0.2, 0) is 41.6 Å². The summed E-state index contributed by atoms with van der Waals surface area (Å²) in [5, 5.41) is 9.18. The summed E-state index contributed by atoms with van der Waals surface area (Å²) in [4.78, 5) is 12.1. The van der Waals surface area contributed by atoms with E-state index in [1.165, 1.54) is 98.4 Å². The smallest absolute Gasteiger partial charge is 0.335 e. The Labute approximate surface area is 296 Å². The molecule has 1 N–H and O–H groups in total. The molecule has 1 fully saturated rings. The van der Waals surface area contributed by atoms with Gasteiger partial charge in [0.15, 0.2) is 0 Å². The second-order valence-corrected chi connectivity index (χ2v) is 15.4. The molecule has 0 aromatic heterocycles. The van der Waals surface area contributed by atoms with Crippen molar-refractivity contribution in [2.45, 2.75) is 110 Å². The fourth-order valence-corrected chi connectivity index (χ4v) is 8.42. The van der Waals surface area contributed by atoms with Crippen LogP contribution in [0.2, 0.25) is 0 Å². The van der Waals surface area contributed by atoms with Gasteiger partial charge in [0.05, 0.1) is 18.8 Å². The van der Waals surface area contributed by atoms with E-state index < -0.39 is 5.97 Å². The molecule has 5 rings (SSSR count). The largest absolute Gasteiger partial charge is 0.462 e. The lowest BCUT2D eigenvalue weighted by Crippen LogP contribution is -2.28. The molecule has 2 aliphatic rings. The van der Waals surface area contributed by atoms with Gasteiger partial charge in [-0.2, -0.15) is 0 Å². The van der Waals surface area contributed by atoms with Gasteiger partial charge in [-0.1, -0.05) is 111 Å². The Bertz CT molecular complexity index is 1510. The molecule has 2 aliphatic carbocycles. The topological polar surface area (TPSA) is 46.5 Å². The predicted molar refractivity (Wildman–Crippen MR) is 205 cm³/mol. The first-order valence-corrected chi connectivity index (χ1v) is 19.2. The Morgan fingerprint density at radius 2 is 1.43 bits per heavy atom. The van der Waals surface area contributed by atoms with Crippen LogP contribution in [0.15, 0.2) is 91.0 Å². The summed E-state index contributed by atoms with van der Waals surface area (Å²) in [5.74, 6) is 2.10. The number of hydrogen-bond acceptors (Lipinski definition) is 3. The molecule has 3 aromatic carbocycles. The molecule has 49 heavy (non-hydrogen) atoms. The van der Waals surface area contributed by atoms with Crippen LogP contribution in [-0.4, -0.2) is 24.3 Å². The van der Waals surface area contributed by atoms with Gasteiger partial charge in [0.25, 0.3) is 0 Å². The fourth-order valence-electron chi connectivity index (χ4n) is 8.42. The quantitative estimate of drug-likeness (QED) is 0.0678. The van der Waals surface area contributed by atoms with E-state index in [0.717, 1.165) is 43.1 Å². The van der Waals surface area contributed by atoms with E-state index in [9.17, 15) is 9.90 Å². The molecule has 2 atom stereocenters. The van der Waals surface area contributed by atoms with Crippen LogP contribution in [0.4, 0.5) is 0 Å². The number of allylic oxidation sites excluding steroid dienone is 1. The van der Waals surface area contributed by atoms with Crippen LogP contribution in [0, 0.1) is 23.7 Å². The number of aryl methyl sites for hydroxylation is 4. The minimum absolute atomic E-state index is 0.121. The Kier molecular flexibility index (Phi) is 13.9. The van der Waals surface area contributed by atoms with E-state index in [2.05, 4.69) is 93.7 Å². The normalized spacial score (nSPS) is 19.5. The number of rotatable bonds is 17. The maximum Gasteiger partial charge on any atom is 0.335 e. The zero-order valence-corrected chi connectivity index (χ0v) is 30.4. The molecule has 0 heterocycles. The summed E-state index contributed by atoms with van der Waals surface area (Å²) in [6.45, 7) is 12.0. The van der Waals surface area contributed by atoms with Crippen LogP contribution >= 0.6 is 0 Å². The average molecular weight is 661 g/mol. The molecule has 262 valence electrons. The maximum absolute atomic E-state index is 12.1. The molecule has 0 spiro atoms. The molecule has 3 nitrogen and oxygen atoms in total. The monoisotopic (exact) mass is 660 g/mol. The summed E-state index contributed by atoms with van der Waals surface area (Å²) in [5.41, 5.74) is 11.3. The SMILES string of the molecule is C=C(C)CC(COC(=O)C(=C)CO)CC1CCC(C2CCc3cc(CCc4ccc(-c5ccc(CCCCC)cc5)cc4)ccc3C2)CC1. The zero-order chi connectivity index (χ0) is 34.6. The predicted octanol–water partition coefficient (Wildman–Crippen LogP) is 10.8. The number of carbonyl (C=O) groups excluding carboxylic acids is 1. The lowest BCUT2D eigenvalue weighted by atomic mass is 9.68. The van der Waals surface area contributed by atoms with Gasteiger partial charge in [-0.05, 0) is 140 Å². The maximum atomic E-state index is 12.1. The molecular formula is C46H60O3. The number of esters is 1. The van der Waals surface area contributed by atoms with Gasteiger partial charge in [-0.3, -0.25) is 0 Å². The van der Waals surface area contributed by atoms with Crippen molar-refractivity contribution in [3.8, 4) is 11.1 Å². The van der Waals surface area contributed by atoms with Gasteiger partial charge in [0.2, 0.25) is 0 Å². The third kappa shape index (κ3) is 11.0. The number of aliphatic hydroxyl groups excluding tert-OH is 1. The molecule has 0 radical (unpaired) electrons. The molecule has 1 saturated carbocycles. The highest BCUT2D eigenvalue weighted by Crippen LogP contribution is 2.41. The lowest BCUT2D eigenvalue weighted by molar-refractivity contribution is -0.141. The number of benzene rings is 3. The van der Waals surface area contributed by atoms with Crippen molar-refractivity contribution in [3.05, 3.63) is 119 Å². The van der Waals surface area contributed by atoms with E-state index >= 15 is 0 Å². The molecule has 3 heteroatoms. The Morgan fingerprint density at radius 1 is 0.796 bits per heavy atom. The first-order valence-electron chi connectivity index (χ1n) is 19.2. The molecule has 3 aromatic rings. The van der Waals surface area contributed by atoms with Crippen LogP contribution in [0.3, 0.4) is 0 Å². The van der Waals surface area contributed by atoms with E-state index in [4.69, 9.17) is 4.74 Å². The van der Waals surface area contributed by atoms with Gasteiger partial charge in [-0.15, -0.1) is 6.58 Å². The lowest BCUT2D eigenvalue weighted by Gasteiger charge is -2.37. The number of hydrogen-bond donors (Lipinski definition) is 1. The van der Waals surface area contributed by atoms with E-state index in [-0.39, 0.29) is 18.1 Å². The second kappa shape index (κ2) is 18.5. The zero-order valence-electron chi connectivity index (χ0n) is 30.4. The first-order chi connectivity index (χ1) is 23.8. The third-order valence-electron chi connectivity index (χ3n) is 11.3. The van der Waals surface area contributed by atoms with Crippen molar-refractivity contribution in [1.29, 1.82) is 0 Å². The number of fused-ring (bicyclic) bond motifs is 1. The number of carbonyl (C=O) groups is 1. The van der Waals surface area contributed by atoms with Crippen molar-refractivity contribution in [2.24, 2.45) is 23.7 Å². The second-order valence-electron chi connectivity index (χ2n) is 15.4. The summed E-state index contributed by atoms with van der Waals surface area (Å²) in [7, 11) is 0. The third-order valence-corrected chi connectivity index (χ3v) is 11.3. The van der Waals surface area contributed by atoms with Crippen molar-refractivity contribution >= 4 is 5.97 Å². The molecule has 0 amide bonds. The summed E-state index contributed by atoms with van der Waals surface area (Å²) in [6, 6.07) is 25.7. The van der Waals surface area contributed by atoms with Crippen LogP contribution < -0.4 is 0 Å². The Balaban J connectivity index is 1.06. The average Bonchev–Trinajstić information content (AvgIpc) is 3.13. The minimum Gasteiger partial charge on any atom is -0.462 e. The summed E-state index contributed by atoms with van der Waals surface area (Å²) >= 11 is 0. The highest BCUT2D eigenvalue weighted by molar-refractivity contribution is 5.87. The van der Waals surface area contributed by atoms with Crippen LogP contribution in [0.1, 0.15) is 106 Å². The highest BCUT2D eigenvalue weighted by atomic mass is 16.5. The first kappa shape index (κ1) is 36.8. The molecule has 2 unspecified atom stereocenters. The van der Waals surface area contributed by atoms with Crippen molar-refractivity contribution in [2.75, 3.05) is 13.2 Å². The fraction of sp³-hybridized carbons (Fsp3) is 0.500. The summed E-state index contributed by atoms with van der Waals surface area (Å²) < 4.78 is 5.49. The van der Waals surface area contributed by atoms with Crippen LogP contribution in [0.25, 0.3) is 11.1 Å². The molecular weight excluding hydrogens is 601 g/mol. The Morgan fingerprint density at radius 3 is 2.06 bits per heavy atom. The standard InChI is InChI=1S/C46H60O3/c1-5-6-7-8-35-11-18-40(19-12-35)41-20-13-36(14-21-41)9-10-38-17-24-45-30-44(26-25-43(45)29-38)42-22-15-37(16-23-42)28-39(27-33(2)3)32-49-46(48)34(4)31-47/h11-14,17-21,24,29,37,39,42,44,47H,2,4-10,15-16,22-23,25-28,30-32H2,1,3H3. The highest BCUT2D eigenvalue weighted by Gasteiger charge is 2.31. The molecule has 0 saturated heterocycles. The van der Waals surface area contributed by atoms with Gasteiger partial charge in [-0.25, -0.2) is 4.79 Å². The van der Waals surface area contributed by atoms with Gasteiger partial charge < -0.3 is 9.84 Å². The van der Waals surface area contributed by atoms with Crippen molar-refractivity contribution < 1.29 is 14.6 Å². The Hall–Kier alpha value is -3.43. The molecule has 0 bridgehead atoms. The van der Waals surface area contributed by atoms with Gasteiger partial charge in [0.1, 0.15) is 0 Å². The number of unbranched alkanes of at least 4 members (excludes halogenated alkanes) is 2. The molecule has 0 aliphatic heterocycles.